The van der Waals surface area contributed by atoms with Gasteiger partial charge in [0.1, 0.15) is 66.4 Å². The number of fused-ring (bicyclic) bond motifs is 7. The van der Waals surface area contributed by atoms with E-state index in [4.69, 9.17) is 0 Å². The molecule has 0 amide bonds. The quantitative estimate of drug-likeness (QED) is 0.185. The average molecular weight is 921 g/mol. The summed E-state index contributed by atoms with van der Waals surface area (Å²) in [6.45, 7) is 0. The summed E-state index contributed by atoms with van der Waals surface area (Å²) in [7, 11) is 0. The van der Waals surface area contributed by atoms with Crippen LogP contribution in [0.3, 0.4) is 0 Å². The van der Waals surface area contributed by atoms with Crippen LogP contribution in [0.4, 0.5) is 0 Å². The monoisotopic (exact) mass is 920 g/mol. The van der Waals surface area contributed by atoms with Crippen LogP contribution in [0.5, 0.6) is 0 Å². The maximum absolute atomic E-state index is 4.08. The molecule has 0 saturated heterocycles. The molecule has 0 fully saturated rings. The second-order valence-corrected chi connectivity index (χ2v) is 13.1. The standard InChI is InChI=1S/4C7H5N3.3C6H4N4/c1-2-8-4-7-6(1)3-9-5-10-7;1-2-8-5-7-6(1)9-3-4-10-7;1-2-6-7(9-3-1)4-8-5-10-6;1-2-6-4-8-5-10-7(6)9-3-1;1-5-6(10-3-7-1)2-8-4-9-5;1-5-2-8-4-10-6(5)9-3-7-1;1-2-8-6-5(7-1)9-3-4-10-6/h4*1-5H;3*1-4H. The molecule has 0 aromatic carbocycles. The molecule has 0 saturated carbocycles. The van der Waals surface area contributed by atoms with Crippen molar-refractivity contribution in [1.82, 2.24) is 120 Å². The van der Waals surface area contributed by atoms with Crippen LogP contribution >= 0.6 is 0 Å². The van der Waals surface area contributed by atoms with Crippen molar-refractivity contribution < 1.29 is 0 Å². The first-order valence-electron chi connectivity index (χ1n) is 20.4. The minimum Gasteiger partial charge on any atom is -0.262 e. The number of rotatable bonds is 0. The van der Waals surface area contributed by atoms with Gasteiger partial charge in [0.05, 0.1) is 52.9 Å². The third kappa shape index (κ3) is 13.6. The Morgan fingerprint density at radius 2 is 0.543 bits per heavy atom. The highest BCUT2D eigenvalue weighted by Gasteiger charge is 1.95. The van der Waals surface area contributed by atoms with Crippen LogP contribution in [-0.4, -0.2) is 120 Å². The van der Waals surface area contributed by atoms with E-state index in [1.54, 1.807) is 118 Å². The lowest BCUT2D eigenvalue weighted by molar-refractivity contribution is 1.13. The molecule has 14 rings (SSSR count). The topological polar surface area (TPSA) is 309 Å². The van der Waals surface area contributed by atoms with Crippen LogP contribution < -0.4 is 0 Å². The Balaban J connectivity index is 0.000000110. The molecular weight excluding hydrogens is 889 g/mol. The Kier molecular flexibility index (Phi) is 16.4. The summed E-state index contributed by atoms with van der Waals surface area (Å²) in [6, 6.07) is 11.3. The van der Waals surface area contributed by atoms with E-state index >= 15 is 0 Å². The smallest absolute Gasteiger partial charge is 0.197 e. The van der Waals surface area contributed by atoms with Crippen molar-refractivity contribution in [2.75, 3.05) is 0 Å². The Morgan fingerprint density at radius 1 is 0.186 bits per heavy atom. The lowest BCUT2D eigenvalue weighted by atomic mass is 10.3. The molecule has 0 spiro atoms. The molecule has 14 aromatic rings. The zero-order valence-electron chi connectivity index (χ0n) is 36.2. The van der Waals surface area contributed by atoms with Crippen LogP contribution in [0.1, 0.15) is 0 Å². The third-order valence-electron chi connectivity index (χ3n) is 8.62. The normalized spacial score (nSPS) is 10.0. The van der Waals surface area contributed by atoms with Gasteiger partial charge < -0.3 is 0 Å². The molecule has 0 atom stereocenters. The second kappa shape index (κ2) is 25.1. The van der Waals surface area contributed by atoms with Crippen molar-refractivity contribution in [2.45, 2.75) is 0 Å². The van der Waals surface area contributed by atoms with E-state index < -0.39 is 0 Å². The lowest BCUT2D eigenvalue weighted by Crippen LogP contribution is -1.87. The number of nitrogens with zero attached hydrogens (tertiary/aromatic N) is 24. The number of hydrogen-bond donors (Lipinski definition) is 0. The Labute approximate surface area is 394 Å². The zero-order valence-corrected chi connectivity index (χ0v) is 36.2. The molecule has 336 valence electrons. The van der Waals surface area contributed by atoms with Gasteiger partial charge in [-0.3, -0.25) is 24.9 Å². The number of pyridine rings is 4. The summed E-state index contributed by atoms with van der Waals surface area (Å²) in [5.41, 5.74) is 8.50. The van der Waals surface area contributed by atoms with Crippen molar-refractivity contribution in [3.05, 3.63) is 198 Å². The van der Waals surface area contributed by atoms with E-state index in [1.165, 1.54) is 44.3 Å². The summed E-state index contributed by atoms with van der Waals surface area (Å²) >= 11 is 0. The second-order valence-electron chi connectivity index (χ2n) is 13.1. The van der Waals surface area contributed by atoms with Gasteiger partial charge in [-0.05, 0) is 36.4 Å². The minimum absolute atomic E-state index is 0.588. The van der Waals surface area contributed by atoms with Crippen molar-refractivity contribution in [3.63, 3.8) is 0 Å². The molecular formula is C46H32N24. The summed E-state index contributed by atoms with van der Waals surface area (Å²) in [6.07, 6.45) is 42.3. The van der Waals surface area contributed by atoms with Gasteiger partial charge in [-0.25, -0.2) is 94.7 Å². The fraction of sp³-hybridized carbons (Fsp3) is 0. The van der Waals surface area contributed by atoms with E-state index in [9.17, 15) is 0 Å². The lowest BCUT2D eigenvalue weighted by Gasteiger charge is -1.90. The predicted octanol–water partition coefficient (Wildman–Crippen LogP) is 5.36. The van der Waals surface area contributed by atoms with E-state index in [2.05, 4.69) is 120 Å². The molecule has 0 radical (unpaired) electrons. The predicted molar refractivity (Wildman–Crippen MR) is 255 cm³/mol. The Bertz CT molecular complexity index is 2660. The van der Waals surface area contributed by atoms with Gasteiger partial charge in [0.25, 0.3) is 0 Å². The Morgan fingerprint density at radius 3 is 1.10 bits per heavy atom. The molecule has 70 heavy (non-hydrogen) atoms. The summed E-state index contributed by atoms with van der Waals surface area (Å²) in [5, 5.41) is 2.87. The molecule has 14 aromatic heterocycles. The highest BCUT2D eigenvalue weighted by Crippen LogP contribution is 2.07. The summed E-state index contributed by atoms with van der Waals surface area (Å²) in [5.74, 6) is 0. The molecule has 24 heteroatoms. The van der Waals surface area contributed by atoms with Gasteiger partial charge in [-0.1, -0.05) is 0 Å². The van der Waals surface area contributed by atoms with E-state index in [1.807, 2.05) is 36.4 Å². The molecule has 0 aliphatic carbocycles. The van der Waals surface area contributed by atoms with E-state index in [0.717, 1.165) is 60.4 Å². The molecule has 0 bridgehead atoms. The zero-order chi connectivity index (χ0) is 47.7. The molecule has 0 N–H and O–H groups in total. The van der Waals surface area contributed by atoms with Crippen molar-refractivity contribution in [1.29, 1.82) is 0 Å². The maximum atomic E-state index is 4.08. The maximum Gasteiger partial charge on any atom is 0.197 e. The van der Waals surface area contributed by atoms with Gasteiger partial charge >= 0.3 is 0 Å². The van der Waals surface area contributed by atoms with Crippen molar-refractivity contribution >= 4 is 77.4 Å². The van der Waals surface area contributed by atoms with Crippen LogP contribution in [0.2, 0.25) is 0 Å². The molecule has 0 unspecified atom stereocenters. The molecule has 24 nitrogen and oxygen atoms in total. The number of aromatic nitrogens is 24. The fourth-order valence-electron chi connectivity index (χ4n) is 5.45. The highest BCUT2D eigenvalue weighted by atomic mass is 15.0. The van der Waals surface area contributed by atoms with Gasteiger partial charge in [-0.2, -0.15) is 0 Å². The molecule has 0 aliphatic heterocycles. The van der Waals surface area contributed by atoms with Crippen LogP contribution in [0.15, 0.2) is 198 Å². The summed E-state index contributed by atoms with van der Waals surface area (Å²) in [4.78, 5) is 94.4. The first kappa shape index (κ1) is 45.8. The largest absolute Gasteiger partial charge is 0.262 e. The minimum atomic E-state index is 0.588. The number of hydrogen-bond acceptors (Lipinski definition) is 24. The fourth-order valence-corrected chi connectivity index (χ4v) is 5.45. The molecule has 0 aliphatic rings. The third-order valence-corrected chi connectivity index (χ3v) is 8.62. The van der Waals surface area contributed by atoms with E-state index in [-0.39, 0.29) is 0 Å². The van der Waals surface area contributed by atoms with Gasteiger partial charge in [-0.15, -0.1) is 0 Å². The van der Waals surface area contributed by atoms with Crippen LogP contribution in [0, 0.1) is 0 Å². The van der Waals surface area contributed by atoms with E-state index in [0.29, 0.717) is 16.9 Å². The average Bonchev–Trinajstić information content (AvgIpc) is 3.46. The summed E-state index contributed by atoms with van der Waals surface area (Å²) < 4.78 is 0. The van der Waals surface area contributed by atoms with Gasteiger partial charge in [0.15, 0.2) is 22.6 Å². The SMILES string of the molecule is c1cc2cncnc2cn1.c1cc2nccnc2cn1.c1cnc2cncnc2c1.c1cnc2nccnc2n1.c1cnc2ncncc2c1.c1ncc2cncnc2n1.c1ncc2ncncc2n1. The van der Waals surface area contributed by atoms with Crippen LogP contribution in [0.25, 0.3) is 77.4 Å². The van der Waals surface area contributed by atoms with Crippen molar-refractivity contribution in [2.24, 2.45) is 0 Å². The Hall–Kier alpha value is -10.8. The molecule has 14 heterocycles. The highest BCUT2D eigenvalue weighted by molar-refractivity contribution is 5.76. The van der Waals surface area contributed by atoms with Gasteiger partial charge in [0.2, 0.25) is 0 Å². The van der Waals surface area contributed by atoms with Crippen molar-refractivity contribution in [3.8, 4) is 0 Å². The van der Waals surface area contributed by atoms with Crippen LogP contribution in [-0.2, 0) is 0 Å². The van der Waals surface area contributed by atoms with Gasteiger partial charge in [0, 0.05) is 97.5 Å². The first-order chi connectivity index (χ1) is 34.8. The first-order valence-corrected chi connectivity index (χ1v) is 20.4.